The molecule has 3 heterocycles. The molecule has 2 aliphatic rings. The van der Waals surface area contributed by atoms with Crippen LogP contribution >= 0.6 is 0 Å². The molecular formula is C19H14N4O6. The number of nitrogens with zero attached hydrogens (tertiary/aromatic N) is 4. The number of aromatic nitrogens is 2. The second-order valence-electron chi connectivity index (χ2n) is 6.37. The summed E-state index contributed by atoms with van der Waals surface area (Å²) >= 11 is 0. The first-order valence-corrected chi connectivity index (χ1v) is 8.74. The van der Waals surface area contributed by atoms with Crippen LogP contribution in [0.5, 0.6) is 0 Å². The van der Waals surface area contributed by atoms with E-state index in [1.165, 1.54) is 30.6 Å². The van der Waals surface area contributed by atoms with Gasteiger partial charge in [0.05, 0.1) is 11.1 Å². The molecule has 0 N–H and O–H groups in total. The van der Waals surface area contributed by atoms with E-state index >= 15 is 0 Å². The van der Waals surface area contributed by atoms with Gasteiger partial charge in [0.25, 0.3) is 17.7 Å². The number of rotatable bonds is 4. The number of imide groups is 2. The Morgan fingerprint density at radius 2 is 1.62 bits per heavy atom. The molecule has 10 nitrogen and oxygen atoms in total. The lowest BCUT2D eigenvalue weighted by molar-refractivity contribution is -0.156. The number of piperidine rings is 1. The average Bonchev–Trinajstić information content (AvgIpc) is 2.99. The predicted octanol–water partition coefficient (Wildman–Crippen LogP) is 0.405. The monoisotopic (exact) mass is 394 g/mol. The highest BCUT2D eigenvalue weighted by molar-refractivity contribution is 6.23. The maximum atomic E-state index is 12.9. The molecule has 0 saturated carbocycles. The lowest BCUT2D eigenvalue weighted by Gasteiger charge is -2.33. The zero-order valence-electron chi connectivity index (χ0n) is 15.0. The lowest BCUT2D eigenvalue weighted by atomic mass is 10.0. The van der Waals surface area contributed by atoms with Crippen molar-refractivity contribution in [3.63, 3.8) is 0 Å². The van der Waals surface area contributed by atoms with Crippen molar-refractivity contribution in [3.8, 4) is 0 Å². The molecule has 0 aliphatic carbocycles. The molecule has 1 atom stereocenters. The van der Waals surface area contributed by atoms with Crippen LogP contribution in [0.2, 0.25) is 0 Å². The van der Waals surface area contributed by atoms with E-state index in [2.05, 4.69) is 9.97 Å². The number of hydrogen-bond donors (Lipinski definition) is 0. The quantitative estimate of drug-likeness (QED) is 0.539. The summed E-state index contributed by atoms with van der Waals surface area (Å²) in [5.74, 6) is -3.65. The third kappa shape index (κ3) is 3.14. The number of hydrogen-bond acceptors (Lipinski definition) is 8. The highest BCUT2D eigenvalue weighted by atomic mass is 16.5. The molecule has 10 heteroatoms. The van der Waals surface area contributed by atoms with Crippen LogP contribution in [0, 0.1) is 0 Å². The van der Waals surface area contributed by atoms with Crippen molar-refractivity contribution in [2.24, 2.45) is 0 Å². The number of ether oxygens (including phenoxy) is 1. The number of carbonyl (C=O) groups is 5. The maximum Gasteiger partial charge on any atom is 0.378 e. The molecule has 0 bridgehead atoms. The van der Waals surface area contributed by atoms with E-state index in [4.69, 9.17) is 4.74 Å². The van der Waals surface area contributed by atoms with Crippen molar-refractivity contribution < 1.29 is 28.7 Å². The van der Waals surface area contributed by atoms with Gasteiger partial charge in [-0.3, -0.25) is 24.1 Å². The van der Waals surface area contributed by atoms with Crippen molar-refractivity contribution in [1.29, 1.82) is 0 Å². The Bertz CT molecular complexity index is 1000. The van der Waals surface area contributed by atoms with E-state index < -0.39 is 42.4 Å². The smallest absolute Gasteiger partial charge is 0.378 e. The van der Waals surface area contributed by atoms with Crippen LogP contribution in [0.15, 0.2) is 42.7 Å². The number of amides is 4. The Kier molecular flexibility index (Phi) is 4.59. The molecule has 4 rings (SSSR count). The summed E-state index contributed by atoms with van der Waals surface area (Å²) in [5.41, 5.74) is 0.419. The van der Waals surface area contributed by atoms with Crippen molar-refractivity contribution in [2.75, 3.05) is 6.73 Å². The number of likely N-dealkylation sites (tertiary alicyclic amines) is 1. The maximum absolute atomic E-state index is 12.9. The minimum Gasteiger partial charge on any atom is -0.438 e. The largest absolute Gasteiger partial charge is 0.438 e. The van der Waals surface area contributed by atoms with Crippen molar-refractivity contribution >= 4 is 29.6 Å². The second kappa shape index (κ2) is 7.23. The Balaban J connectivity index is 1.51. The van der Waals surface area contributed by atoms with E-state index in [0.29, 0.717) is 0 Å². The first-order chi connectivity index (χ1) is 14.0. The molecule has 1 aromatic carbocycles. The first kappa shape index (κ1) is 18.4. The third-order valence-corrected chi connectivity index (χ3v) is 4.69. The van der Waals surface area contributed by atoms with Gasteiger partial charge in [-0.05, 0) is 24.6 Å². The standard InChI is InChI=1S/C19H14N4O6/c24-14-7-6-13(23-16(25)11-4-1-2-5-12(11)17(23)26)18(27)22(14)10-29-19(28)15-20-8-3-9-21-15/h1-5,8-9,13H,6-7,10H2. The van der Waals surface area contributed by atoms with E-state index in [0.717, 1.165) is 9.80 Å². The van der Waals surface area contributed by atoms with E-state index in [9.17, 15) is 24.0 Å². The summed E-state index contributed by atoms with van der Waals surface area (Å²) in [7, 11) is 0. The fraction of sp³-hybridized carbons (Fsp3) is 0.211. The molecule has 2 aromatic rings. The topological polar surface area (TPSA) is 127 Å². The van der Waals surface area contributed by atoms with Gasteiger partial charge in [0, 0.05) is 18.8 Å². The van der Waals surface area contributed by atoms with Crippen molar-refractivity contribution in [1.82, 2.24) is 19.8 Å². The summed E-state index contributed by atoms with van der Waals surface area (Å²) in [6, 6.07) is 6.63. The van der Waals surface area contributed by atoms with Gasteiger partial charge in [-0.25, -0.2) is 19.7 Å². The van der Waals surface area contributed by atoms with Gasteiger partial charge >= 0.3 is 5.97 Å². The zero-order chi connectivity index (χ0) is 20.5. The van der Waals surface area contributed by atoms with Crippen molar-refractivity contribution in [3.05, 3.63) is 59.7 Å². The van der Waals surface area contributed by atoms with Crippen LogP contribution in [-0.2, 0) is 14.3 Å². The highest BCUT2D eigenvalue weighted by Gasteiger charge is 2.47. The van der Waals surface area contributed by atoms with Gasteiger partial charge in [-0.1, -0.05) is 12.1 Å². The van der Waals surface area contributed by atoms with Crippen LogP contribution in [-0.4, -0.2) is 62.1 Å². The molecule has 29 heavy (non-hydrogen) atoms. The summed E-state index contributed by atoms with van der Waals surface area (Å²) in [4.78, 5) is 71.3. The lowest BCUT2D eigenvalue weighted by Crippen LogP contribution is -2.56. The number of fused-ring (bicyclic) bond motifs is 1. The van der Waals surface area contributed by atoms with Gasteiger partial charge in [-0.15, -0.1) is 0 Å². The van der Waals surface area contributed by atoms with Gasteiger partial charge in [-0.2, -0.15) is 0 Å². The third-order valence-electron chi connectivity index (χ3n) is 4.69. The van der Waals surface area contributed by atoms with Gasteiger partial charge in [0.1, 0.15) is 6.04 Å². The molecular weight excluding hydrogens is 380 g/mol. The zero-order valence-corrected chi connectivity index (χ0v) is 15.0. The first-order valence-electron chi connectivity index (χ1n) is 8.74. The fourth-order valence-electron chi connectivity index (χ4n) is 3.28. The van der Waals surface area contributed by atoms with E-state index in [1.807, 2.05) is 0 Å². The van der Waals surface area contributed by atoms with Crippen LogP contribution in [0.3, 0.4) is 0 Å². The number of benzene rings is 1. The molecule has 1 fully saturated rings. The Morgan fingerprint density at radius 1 is 1.00 bits per heavy atom. The van der Waals surface area contributed by atoms with Crippen LogP contribution in [0.4, 0.5) is 0 Å². The van der Waals surface area contributed by atoms with Crippen LogP contribution < -0.4 is 0 Å². The Hall–Kier alpha value is -3.95. The minimum absolute atomic E-state index is 0.00930. The predicted molar refractivity (Wildman–Crippen MR) is 94.1 cm³/mol. The number of carbonyl (C=O) groups excluding carboxylic acids is 5. The van der Waals surface area contributed by atoms with E-state index in [-0.39, 0.29) is 29.8 Å². The van der Waals surface area contributed by atoms with Crippen LogP contribution in [0.25, 0.3) is 0 Å². The highest BCUT2D eigenvalue weighted by Crippen LogP contribution is 2.28. The number of esters is 1. The Labute approximate surface area is 164 Å². The molecule has 0 radical (unpaired) electrons. The van der Waals surface area contributed by atoms with Crippen molar-refractivity contribution in [2.45, 2.75) is 18.9 Å². The molecule has 2 aliphatic heterocycles. The van der Waals surface area contributed by atoms with Gasteiger partial charge in [0.15, 0.2) is 6.73 Å². The SMILES string of the molecule is O=C(OCN1C(=O)CCC(N2C(=O)c3ccccc3C2=O)C1=O)c1ncccn1. The summed E-state index contributed by atoms with van der Waals surface area (Å²) in [5, 5.41) is 0. The Morgan fingerprint density at radius 3 is 2.24 bits per heavy atom. The van der Waals surface area contributed by atoms with E-state index in [1.54, 1.807) is 12.1 Å². The summed E-state index contributed by atoms with van der Waals surface area (Å²) in [6.45, 7) is -0.658. The molecule has 146 valence electrons. The van der Waals surface area contributed by atoms with Crippen LogP contribution in [0.1, 0.15) is 44.2 Å². The molecule has 1 aromatic heterocycles. The molecule has 4 amide bonds. The average molecular weight is 394 g/mol. The summed E-state index contributed by atoms with van der Waals surface area (Å²) < 4.78 is 4.97. The van der Waals surface area contributed by atoms with Gasteiger partial charge in [0.2, 0.25) is 11.7 Å². The minimum atomic E-state index is -1.15. The normalized spacial score (nSPS) is 18.8. The molecule has 0 spiro atoms. The summed E-state index contributed by atoms with van der Waals surface area (Å²) in [6.07, 6.45) is 2.62. The van der Waals surface area contributed by atoms with Gasteiger partial charge < -0.3 is 4.74 Å². The second-order valence-corrected chi connectivity index (χ2v) is 6.37. The fourth-order valence-corrected chi connectivity index (χ4v) is 3.28. The molecule has 1 saturated heterocycles. The molecule has 1 unspecified atom stereocenters.